The van der Waals surface area contributed by atoms with E-state index in [0.29, 0.717) is 25.4 Å². The lowest BCUT2D eigenvalue weighted by Crippen LogP contribution is -2.35. The molecule has 0 N–H and O–H groups in total. The number of likely N-dealkylation sites (tertiary alicyclic amines) is 1. The average Bonchev–Trinajstić information content (AvgIpc) is 2.44. The van der Waals surface area contributed by atoms with Gasteiger partial charge in [0, 0.05) is 19.5 Å². The van der Waals surface area contributed by atoms with Crippen molar-refractivity contribution in [2.24, 2.45) is 11.8 Å². The highest BCUT2D eigenvalue weighted by Crippen LogP contribution is 2.27. The van der Waals surface area contributed by atoms with Gasteiger partial charge in [-0.25, -0.2) is 4.79 Å². The minimum absolute atomic E-state index is 0.188. The summed E-state index contributed by atoms with van der Waals surface area (Å²) in [6, 6.07) is 0. The van der Waals surface area contributed by atoms with Gasteiger partial charge in [-0.05, 0) is 39.5 Å². The van der Waals surface area contributed by atoms with Crippen LogP contribution in [0.1, 0.15) is 41.0 Å². The van der Waals surface area contributed by atoms with Crippen LogP contribution >= 0.6 is 0 Å². The molecule has 1 amide bonds. The molecule has 4 heteroatoms. The molecule has 0 aromatic heterocycles. The van der Waals surface area contributed by atoms with Gasteiger partial charge >= 0.3 is 6.09 Å². The highest BCUT2D eigenvalue weighted by atomic mass is 16.6. The van der Waals surface area contributed by atoms with Crippen molar-refractivity contribution in [1.82, 2.24) is 4.90 Å². The summed E-state index contributed by atoms with van der Waals surface area (Å²) in [5, 5.41) is 0. The first-order valence-corrected chi connectivity index (χ1v) is 6.16. The zero-order valence-corrected chi connectivity index (χ0v) is 11.4. The van der Waals surface area contributed by atoms with Gasteiger partial charge in [-0.1, -0.05) is 6.92 Å². The molecule has 2 atom stereocenters. The molecule has 0 aliphatic carbocycles. The van der Waals surface area contributed by atoms with E-state index >= 15 is 0 Å². The number of carbonyl (C=O) groups excluding carboxylic acids is 2. The minimum atomic E-state index is -0.459. The van der Waals surface area contributed by atoms with Crippen LogP contribution in [-0.2, 0) is 9.53 Å². The molecule has 4 nitrogen and oxygen atoms in total. The third-order valence-corrected chi connectivity index (χ3v) is 2.97. The van der Waals surface area contributed by atoms with Crippen LogP contribution in [0.15, 0.2) is 0 Å². The first-order valence-electron chi connectivity index (χ1n) is 6.16. The fourth-order valence-electron chi connectivity index (χ4n) is 2.14. The summed E-state index contributed by atoms with van der Waals surface area (Å²) in [6.07, 6.45) is 0.288. The summed E-state index contributed by atoms with van der Waals surface area (Å²) < 4.78 is 5.33. The van der Waals surface area contributed by atoms with E-state index in [0.717, 1.165) is 0 Å². The Kier molecular flexibility index (Phi) is 4.17. The maximum Gasteiger partial charge on any atom is 0.410 e. The second-order valence-corrected chi connectivity index (χ2v) is 6.03. The second kappa shape index (κ2) is 5.07. The van der Waals surface area contributed by atoms with Crippen molar-refractivity contribution in [2.45, 2.75) is 46.6 Å². The minimum Gasteiger partial charge on any atom is -0.444 e. The van der Waals surface area contributed by atoms with E-state index in [4.69, 9.17) is 4.74 Å². The standard InChI is InChI=1S/C13H23NO3/c1-9-7-14(8-11(9)6-10(2)15)12(16)17-13(3,4)5/h9,11H,6-8H2,1-5H3/t9-,11-/m1/s1. The van der Waals surface area contributed by atoms with Crippen molar-refractivity contribution in [3.05, 3.63) is 0 Å². The molecule has 1 fully saturated rings. The Labute approximate surface area is 103 Å². The van der Waals surface area contributed by atoms with Crippen LogP contribution in [-0.4, -0.2) is 35.5 Å². The highest BCUT2D eigenvalue weighted by Gasteiger charge is 2.34. The Balaban J connectivity index is 2.53. The molecular weight excluding hydrogens is 218 g/mol. The third-order valence-electron chi connectivity index (χ3n) is 2.97. The van der Waals surface area contributed by atoms with Gasteiger partial charge in [0.2, 0.25) is 0 Å². The van der Waals surface area contributed by atoms with Gasteiger partial charge in [-0.3, -0.25) is 0 Å². The van der Waals surface area contributed by atoms with Gasteiger partial charge in [-0.2, -0.15) is 0 Å². The zero-order chi connectivity index (χ0) is 13.2. The monoisotopic (exact) mass is 241 g/mol. The molecule has 17 heavy (non-hydrogen) atoms. The molecule has 0 radical (unpaired) electrons. The number of ether oxygens (including phenoxy) is 1. The molecule has 1 aliphatic rings. The Morgan fingerprint density at radius 2 is 1.88 bits per heavy atom. The van der Waals surface area contributed by atoms with E-state index in [9.17, 15) is 9.59 Å². The second-order valence-electron chi connectivity index (χ2n) is 6.03. The quantitative estimate of drug-likeness (QED) is 0.746. The molecule has 1 aliphatic heterocycles. The summed E-state index contributed by atoms with van der Waals surface area (Å²) >= 11 is 0. The molecule has 1 saturated heterocycles. The lowest BCUT2D eigenvalue weighted by atomic mass is 9.93. The molecular formula is C13H23NO3. The van der Waals surface area contributed by atoms with Gasteiger partial charge in [-0.15, -0.1) is 0 Å². The third kappa shape index (κ3) is 4.36. The molecule has 1 heterocycles. The zero-order valence-electron chi connectivity index (χ0n) is 11.4. The molecule has 1 rings (SSSR count). The predicted octanol–water partition coefficient (Wildman–Crippen LogP) is 2.47. The van der Waals surface area contributed by atoms with Gasteiger partial charge < -0.3 is 14.4 Å². The molecule has 0 aromatic carbocycles. The van der Waals surface area contributed by atoms with Crippen molar-refractivity contribution in [3.63, 3.8) is 0 Å². The summed E-state index contributed by atoms with van der Waals surface area (Å²) in [7, 11) is 0. The maximum absolute atomic E-state index is 11.9. The number of carbonyl (C=O) groups is 2. The van der Waals surface area contributed by atoms with E-state index < -0.39 is 5.60 Å². The maximum atomic E-state index is 11.9. The molecule has 0 unspecified atom stereocenters. The summed E-state index contributed by atoms with van der Waals surface area (Å²) in [5.74, 6) is 0.833. The van der Waals surface area contributed by atoms with Gasteiger partial charge in [0.1, 0.15) is 11.4 Å². The lowest BCUT2D eigenvalue weighted by molar-refractivity contribution is -0.118. The van der Waals surface area contributed by atoms with Crippen molar-refractivity contribution in [2.75, 3.05) is 13.1 Å². The van der Waals surface area contributed by atoms with E-state index in [-0.39, 0.29) is 17.8 Å². The summed E-state index contributed by atoms with van der Waals surface area (Å²) in [6.45, 7) is 10.6. The average molecular weight is 241 g/mol. The number of ketones is 1. The fourth-order valence-corrected chi connectivity index (χ4v) is 2.14. The van der Waals surface area contributed by atoms with Crippen molar-refractivity contribution in [1.29, 1.82) is 0 Å². The molecule has 0 aromatic rings. The first-order chi connectivity index (χ1) is 7.69. The van der Waals surface area contributed by atoms with Gasteiger partial charge in [0.05, 0.1) is 0 Å². The predicted molar refractivity (Wildman–Crippen MR) is 65.8 cm³/mol. The van der Waals surface area contributed by atoms with Crippen molar-refractivity contribution >= 4 is 11.9 Å². The smallest absolute Gasteiger partial charge is 0.410 e. The molecule has 0 bridgehead atoms. The Bertz CT molecular complexity index is 306. The molecule has 98 valence electrons. The van der Waals surface area contributed by atoms with E-state index in [2.05, 4.69) is 6.92 Å². The SMILES string of the molecule is CC(=O)C[C@@H]1CN(C(=O)OC(C)(C)C)C[C@H]1C. The number of hydrogen-bond donors (Lipinski definition) is 0. The first kappa shape index (κ1) is 14.0. The van der Waals surface area contributed by atoms with Crippen LogP contribution in [0.5, 0.6) is 0 Å². The van der Waals surface area contributed by atoms with Crippen LogP contribution in [0, 0.1) is 11.8 Å². The number of Topliss-reactive ketones (excluding diaryl/α,β-unsaturated/α-hetero) is 1. The normalized spacial score (nSPS) is 24.9. The van der Waals surface area contributed by atoms with Crippen molar-refractivity contribution < 1.29 is 14.3 Å². The Morgan fingerprint density at radius 1 is 1.29 bits per heavy atom. The van der Waals surface area contributed by atoms with E-state index in [1.54, 1.807) is 11.8 Å². The van der Waals surface area contributed by atoms with Crippen molar-refractivity contribution in [3.8, 4) is 0 Å². The van der Waals surface area contributed by atoms with E-state index in [1.807, 2.05) is 20.8 Å². The summed E-state index contributed by atoms with van der Waals surface area (Å²) in [4.78, 5) is 24.7. The number of rotatable bonds is 2. The number of nitrogens with zero attached hydrogens (tertiary/aromatic N) is 1. The van der Waals surface area contributed by atoms with Crippen LogP contribution < -0.4 is 0 Å². The molecule has 0 saturated carbocycles. The van der Waals surface area contributed by atoms with Gasteiger partial charge in [0.15, 0.2) is 0 Å². The van der Waals surface area contributed by atoms with Crippen LogP contribution in [0.4, 0.5) is 4.79 Å². The van der Waals surface area contributed by atoms with Crippen LogP contribution in [0.2, 0.25) is 0 Å². The fraction of sp³-hybridized carbons (Fsp3) is 0.846. The highest BCUT2D eigenvalue weighted by molar-refractivity contribution is 5.76. The Morgan fingerprint density at radius 3 is 2.35 bits per heavy atom. The number of amides is 1. The Hall–Kier alpha value is -1.06. The largest absolute Gasteiger partial charge is 0.444 e. The topological polar surface area (TPSA) is 46.6 Å². The molecule has 0 spiro atoms. The number of hydrogen-bond acceptors (Lipinski definition) is 3. The van der Waals surface area contributed by atoms with Crippen LogP contribution in [0.25, 0.3) is 0 Å². The summed E-state index contributed by atoms with van der Waals surface area (Å²) in [5.41, 5.74) is -0.459. The lowest BCUT2D eigenvalue weighted by Gasteiger charge is -2.24. The van der Waals surface area contributed by atoms with E-state index in [1.165, 1.54) is 0 Å². The van der Waals surface area contributed by atoms with Gasteiger partial charge in [0.25, 0.3) is 0 Å². The van der Waals surface area contributed by atoms with Crippen LogP contribution in [0.3, 0.4) is 0 Å².